The first kappa shape index (κ1) is 99.1. The third-order valence-corrected chi connectivity index (χ3v) is 21.4. The van der Waals surface area contributed by atoms with Crippen molar-refractivity contribution in [3.8, 4) is 0 Å². The highest BCUT2D eigenvalue weighted by molar-refractivity contribution is 7.47. The van der Waals surface area contributed by atoms with Gasteiger partial charge in [-0.1, -0.05) is 376 Å². The smallest absolute Gasteiger partial charge is 0.462 e. The fraction of sp³-hybridized carbons (Fsp3) is 0.951. The first-order chi connectivity index (χ1) is 48.8. The number of ether oxygens (including phenoxy) is 4. The Morgan fingerprint density at radius 1 is 0.287 bits per heavy atom. The lowest BCUT2D eigenvalue weighted by atomic mass is 9.99. The van der Waals surface area contributed by atoms with E-state index in [1.165, 1.54) is 238 Å². The lowest BCUT2D eigenvalue weighted by Gasteiger charge is -2.21. The molecule has 6 atom stereocenters. The number of phosphoric ester groups is 2. The Bertz CT molecular complexity index is 1960. The summed E-state index contributed by atoms with van der Waals surface area (Å²) >= 11 is 0. The zero-order valence-electron chi connectivity index (χ0n) is 66.4. The number of unbranched alkanes of at least 4 members (excludes halogenated alkanes) is 47. The molecule has 0 heterocycles. The molecule has 0 aromatic heterocycles. The van der Waals surface area contributed by atoms with E-state index in [0.29, 0.717) is 25.7 Å². The van der Waals surface area contributed by atoms with Crippen molar-refractivity contribution in [1.82, 2.24) is 0 Å². The quantitative estimate of drug-likeness (QED) is 0.0222. The molecule has 3 unspecified atom stereocenters. The van der Waals surface area contributed by atoms with Gasteiger partial charge in [-0.25, -0.2) is 9.13 Å². The highest BCUT2D eigenvalue weighted by Gasteiger charge is 2.30. The summed E-state index contributed by atoms with van der Waals surface area (Å²) in [6.07, 6.45) is 61.0. The number of aliphatic hydroxyl groups excluding tert-OH is 1. The van der Waals surface area contributed by atoms with Crippen LogP contribution in [0.4, 0.5) is 0 Å². The molecule has 0 spiro atoms. The minimum atomic E-state index is -4.96. The number of phosphoric acid groups is 2. The molecule has 0 aliphatic rings. The largest absolute Gasteiger partial charge is 0.472 e. The van der Waals surface area contributed by atoms with Crippen LogP contribution in [0.5, 0.6) is 0 Å². The number of carbonyl (C=O) groups is 4. The summed E-state index contributed by atoms with van der Waals surface area (Å²) in [5.41, 5.74) is 0. The van der Waals surface area contributed by atoms with Crippen molar-refractivity contribution < 1.29 is 80.2 Å². The third kappa shape index (κ3) is 74.7. The molecule has 0 radical (unpaired) electrons. The molecule has 0 fully saturated rings. The van der Waals surface area contributed by atoms with Crippen molar-refractivity contribution in [3.63, 3.8) is 0 Å². The van der Waals surface area contributed by atoms with E-state index in [1.54, 1.807) is 0 Å². The Morgan fingerprint density at radius 2 is 0.505 bits per heavy atom. The highest BCUT2D eigenvalue weighted by Crippen LogP contribution is 2.45. The topological polar surface area (TPSA) is 237 Å². The number of hydrogen-bond acceptors (Lipinski definition) is 15. The summed E-state index contributed by atoms with van der Waals surface area (Å²) < 4.78 is 68.7. The lowest BCUT2D eigenvalue weighted by Crippen LogP contribution is -2.30. The number of esters is 4. The van der Waals surface area contributed by atoms with Crippen LogP contribution >= 0.6 is 15.6 Å². The maximum Gasteiger partial charge on any atom is 0.472 e. The van der Waals surface area contributed by atoms with Crippen LogP contribution in [0.3, 0.4) is 0 Å². The van der Waals surface area contributed by atoms with E-state index in [4.69, 9.17) is 37.0 Å². The average molecular weight is 1480 g/mol. The Labute approximate surface area is 619 Å². The minimum Gasteiger partial charge on any atom is -0.462 e. The van der Waals surface area contributed by atoms with E-state index in [0.717, 1.165) is 108 Å². The molecular weight excluding hydrogens is 1320 g/mol. The van der Waals surface area contributed by atoms with Crippen molar-refractivity contribution in [3.05, 3.63) is 0 Å². The molecule has 19 heteroatoms. The molecule has 0 aromatic carbocycles. The fourth-order valence-corrected chi connectivity index (χ4v) is 14.2. The van der Waals surface area contributed by atoms with Gasteiger partial charge < -0.3 is 33.8 Å². The van der Waals surface area contributed by atoms with Crippen LogP contribution < -0.4 is 0 Å². The predicted octanol–water partition coefficient (Wildman–Crippen LogP) is 24.5. The monoisotopic (exact) mass is 1480 g/mol. The second kappa shape index (κ2) is 72.3. The Kier molecular flexibility index (Phi) is 70.9. The van der Waals surface area contributed by atoms with Crippen molar-refractivity contribution in [2.45, 2.75) is 446 Å². The van der Waals surface area contributed by atoms with Crippen molar-refractivity contribution in [1.29, 1.82) is 0 Å². The standard InChI is InChI=1S/C82H160O17P2/c1-8-10-11-12-13-14-35-42-49-56-63-79(84)92-69-77(99-82(87)66-59-52-45-38-31-25-27-33-40-47-54-61-74(5)6)71-96-100(88,89)94-67-76(83)68-95-101(90,91)97-72-78(70-93-80(85)64-57-50-43-36-29-24-23-26-32-39-46-53-60-73(3)4)98-81(86)65-58-51-44-37-30-22-20-18-16-15-17-19-21-28-34-41-48-55-62-75(7)9-2/h73-78,83H,8-72H2,1-7H3,(H,88,89)(H,90,91)/t75?,76-,77+,78+/m0/s1. The average Bonchev–Trinajstić information content (AvgIpc) is 0.980. The summed E-state index contributed by atoms with van der Waals surface area (Å²) in [5.74, 6) is 0.308. The van der Waals surface area contributed by atoms with Crippen LogP contribution in [0, 0.1) is 17.8 Å². The molecule has 0 saturated carbocycles. The number of carbonyl (C=O) groups excluding carboxylic acids is 4. The summed E-state index contributed by atoms with van der Waals surface area (Å²) in [5, 5.41) is 10.6. The van der Waals surface area contributed by atoms with Crippen molar-refractivity contribution in [2.75, 3.05) is 39.6 Å². The molecule has 0 bridgehead atoms. The van der Waals surface area contributed by atoms with Gasteiger partial charge in [-0.2, -0.15) is 0 Å². The zero-order chi connectivity index (χ0) is 74.4. The molecule has 0 aromatic rings. The van der Waals surface area contributed by atoms with Gasteiger partial charge in [-0.15, -0.1) is 0 Å². The summed E-state index contributed by atoms with van der Waals surface area (Å²) in [6.45, 7) is 12.0. The van der Waals surface area contributed by atoms with Crippen LogP contribution in [-0.2, 0) is 65.4 Å². The van der Waals surface area contributed by atoms with E-state index in [1.807, 2.05) is 0 Å². The van der Waals surface area contributed by atoms with Gasteiger partial charge in [-0.3, -0.25) is 37.3 Å². The van der Waals surface area contributed by atoms with Gasteiger partial charge in [0.1, 0.15) is 19.3 Å². The van der Waals surface area contributed by atoms with E-state index < -0.39 is 97.5 Å². The predicted molar refractivity (Wildman–Crippen MR) is 414 cm³/mol. The van der Waals surface area contributed by atoms with Crippen LogP contribution in [0.15, 0.2) is 0 Å². The van der Waals surface area contributed by atoms with Gasteiger partial charge in [0.2, 0.25) is 0 Å². The fourth-order valence-electron chi connectivity index (χ4n) is 12.6. The summed E-state index contributed by atoms with van der Waals surface area (Å²) in [7, 11) is -9.92. The molecule has 0 aliphatic carbocycles. The van der Waals surface area contributed by atoms with E-state index in [2.05, 4.69) is 48.5 Å². The van der Waals surface area contributed by atoms with E-state index in [9.17, 15) is 43.2 Å². The van der Waals surface area contributed by atoms with E-state index in [-0.39, 0.29) is 25.7 Å². The third-order valence-electron chi connectivity index (χ3n) is 19.5. The molecular formula is C82H160O17P2. The van der Waals surface area contributed by atoms with Gasteiger partial charge in [-0.05, 0) is 43.4 Å². The van der Waals surface area contributed by atoms with Crippen molar-refractivity contribution in [2.24, 2.45) is 17.8 Å². The normalized spacial score (nSPS) is 14.2. The Hall–Kier alpha value is -1.94. The SMILES string of the molecule is CCCCCCCCCCCCC(=O)OC[C@H](COP(=O)(O)OC[C@H](O)COP(=O)(O)OC[C@@H](COC(=O)CCCCCCCCCCCCCCC(C)C)OC(=O)CCCCCCCCCCCCCCCCCCCCC(C)CC)OC(=O)CCCCCCCCCCCCCC(C)C. The first-order valence-electron chi connectivity index (χ1n) is 42.4. The van der Waals surface area contributed by atoms with Crippen LogP contribution in [0.25, 0.3) is 0 Å². The number of hydrogen-bond donors (Lipinski definition) is 3. The van der Waals surface area contributed by atoms with E-state index >= 15 is 0 Å². The second-order valence-electron chi connectivity index (χ2n) is 30.7. The molecule has 3 N–H and O–H groups in total. The Balaban J connectivity index is 5.22. The highest BCUT2D eigenvalue weighted by atomic mass is 31.2. The second-order valence-corrected chi connectivity index (χ2v) is 33.6. The molecule has 600 valence electrons. The Morgan fingerprint density at radius 3 is 0.752 bits per heavy atom. The minimum absolute atomic E-state index is 0.107. The number of aliphatic hydroxyl groups is 1. The molecule has 0 amide bonds. The number of rotatable bonds is 80. The van der Waals surface area contributed by atoms with Crippen LogP contribution in [0.1, 0.15) is 427 Å². The van der Waals surface area contributed by atoms with Crippen LogP contribution in [-0.4, -0.2) is 96.7 Å². The van der Waals surface area contributed by atoms with Gasteiger partial charge in [0, 0.05) is 25.7 Å². The van der Waals surface area contributed by atoms with Gasteiger partial charge in [0.05, 0.1) is 26.4 Å². The maximum atomic E-state index is 13.1. The van der Waals surface area contributed by atoms with Gasteiger partial charge in [0.15, 0.2) is 12.2 Å². The molecule has 101 heavy (non-hydrogen) atoms. The summed E-state index contributed by atoms with van der Waals surface area (Å²) in [6, 6.07) is 0. The molecule has 0 rings (SSSR count). The van der Waals surface area contributed by atoms with Gasteiger partial charge >= 0.3 is 39.5 Å². The first-order valence-corrected chi connectivity index (χ1v) is 45.4. The molecule has 0 aliphatic heterocycles. The van der Waals surface area contributed by atoms with Crippen molar-refractivity contribution >= 4 is 39.5 Å². The summed E-state index contributed by atoms with van der Waals surface area (Å²) in [4.78, 5) is 73.0. The maximum absolute atomic E-state index is 13.1. The molecule has 17 nitrogen and oxygen atoms in total. The van der Waals surface area contributed by atoms with Crippen LogP contribution in [0.2, 0.25) is 0 Å². The zero-order valence-corrected chi connectivity index (χ0v) is 68.2. The lowest BCUT2D eigenvalue weighted by molar-refractivity contribution is -0.161. The molecule has 0 saturated heterocycles. The van der Waals surface area contributed by atoms with Gasteiger partial charge in [0.25, 0.3) is 0 Å².